The summed E-state index contributed by atoms with van der Waals surface area (Å²) in [5.41, 5.74) is 2.50. The van der Waals surface area contributed by atoms with E-state index in [0.29, 0.717) is 0 Å². The largest absolute Gasteiger partial charge is 0.457 e. The summed E-state index contributed by atoms with van der Waals surface area (Å²) in [6.45, 7) is 0. The average Bonchev–Trinajstić information content (AvgIpc) is 2.76. The number of benzene rings is 4. The number of hydrogen-bond acceptors (Lipinski definition) is 3. The van der Waals surface area contributed by atoms with Crippen LogP contribution in [-0.2, 0) is 11.5 Å². The number of hydrogen-bond donors (Lipinski definition) is 0. The van der Waals surface area contributed by atoms with Crippen molar-refractivity contribution in [1.29, 1.82) is 0 Å². The van der Waals surface area contributed by atoms with Crippen LogP contribution >= 0.6 is 11.8 Å². The lowest BCUT2D eigenvalue weighted by atomic mass is 10.2. The third-order valence-corrected chi connectivity index (χ3v) is 5.37. The van der Waals surface area contributed by atoms with Crippen molar-refractivity contribution >= 4 is 11.8 Å². The summed E-state index contributed by atoms with van der Waals surface area (Å²) in [5, 5.41) is 0. The van der Waals surface area contributed by atoms with E-state index in [1.54, 1.807) is 0 Å². The van der Waals surface area contributed by atoms with Crippen molar-refractivity contribution in [2.24, 2.45) is 0 Å². The lowest BCUT2D eigenvalue weighted by Gasteiger charge is -2.09. The van der Waals surface area contributed by atoms with E-state index >= 15 is 0 Å². The normalized spacial score (nSPS) is 10.5. The van der Waals surface area contributed by atoms with E-state index in [1.807, 2.05) is 96.7 Å². The van der Waals surface area contributed by atoms with Gasteiger partial charge in [-0.3, -0.25) is 0 Å². The topological polar surface area (TPSA) is 18.5 Å². The van der Waals surface area contributed by atoms with Crippen LogP contribution in [0.25, 0.3) is 0 Å². The number of thioether (sulfide) groups is 1. The van der Waals surface area contributed by atoms with Crippen LogP contribution in [0.5, 0.6) is 23.0 Å². The molecule has 4 aromatic carbocycles. The number of rotatable bonds is 8. The first kappa shape index (κ1) is 19.2. The van der Waals surface area contributed by atoms with E-state index in [9.17, 15) is 0 Å². The fourth-order valence-corrected chi connectivity index (χ4v) is 3.87. The minimum absolute atomic E-state index is 0.854. The first-order valence-electron chi connectivity index (χ1n) is 9.57. The van der Waals surface area contributed by atoms with Crippen LogP contribution in [-0.4, -0.2) is 0 Å². The molecular weight excluding hydrogens is 376 g/mol. The summed E-state index contributed by atoms with van der Waals surface area (Å²) in [5.74, 6) is 5.30. The smallest absolute Gasteiger partial charge is 0.127 e. The molecule has 0 atom stereocenters. The highest BCUT2D eigenvalue weighted by molar-refractivity contribution is 7.97. The van der Waals surface area contributed by atoms with Gasteiger partial charge in [0, 0.05) is 11.5 Å². The minimum Gasteiger partial charge on any atom is -0.457 e. The van der Waals surface area contributed by atoms with Gasteiger partial charge in [-0.25, -0.2) is 0 Å². The second-order valence-corrected chi connectivity index (χ2v) is 7.60. The van der Waals surface area contributed by atoms with Gasteiger partial charge in [0.15, 0.2) is 0 Å². The molecule has 0 fully saturated rings. The van der Waals surface area contributed by atoms with Crippen molar-refractivity contribution < 1.29 is 9.47 Å². The average molecular weight is 399 g/mol. The molecule has 0 saturated heterocycles. The van der Waals surface area contributed by atoms with Gasteiger partial charge >= 0.3 is 0 Å². The Labute approximate surface area is 176 Å². The molecule has 0 aliphatic carbocycles. The van der Waals surface area contributed by atoms with Crippen molar-refractivity contribution in [2.45, 2.75) is 11.5 Å². The highest BCUT2D eigenvalue weighted by atomic mass is 32.2. The van der Waals surface area contributed by atoms with Crippen molar-refractivity contribution in [3.8, 4) is 23.0 Å². The molecule has 0 bridgehead atoms. The first-order valence-corrected chi connectivity index (χ1v) is 10.7. The third kappa shape index (κ3) is 5.90. The lowest BCUT2D eigenvalue weighted by Crippen LogP contribution is -1.88. The van der Waals surface area contributed by atoms with Gasteiger partial charge in [0.05, 0.1) is 0 Å². The van der Waals surface area contributed by atoms with E-state index < -0.39 is 0 Å². The van der Waals surface area contributed by atoms with Crippen molar-refractivity contribution in [3.05, 3.63) is 120 Å². The zero-order valence-corrected chi connectivity index (χ0v) is 16.8. The Kier molecular flexibility index (Phi) is 6.51. The van der Waals surface area contributed by atoms with Gasteiger partial charge in [-0.05, 0) is 59.7 Å². The van der Waals surface area contributed by atoms with Crippen LogP contribution in [0.3, 0.4) is 0 Å². The van der Waals surface area contributed by atoms with E-state index in [2.05, 4.69) is 24.3 Å². The molecule has 0 aromatic heterocycles. The highest BCUT2D eigenvalue weighted by Gasteiger charge is 2.02. The highest BCUT2D eigenvalue weighted by Crippen LogP contribution is 2.27. The fraction of sp³-hybridized carbons (Fsp3) is 0.0769. The van der Waals surface area contributed by atoms with Crippen LogP contribution in [0.15, 0.2) is 109 Å². The fourth-order valence-electron chi connectivity index (χ4n) is 2.93. The quantitative estimate of drug-likeness (QED) is 0.303. The molecule has 0 heterocycles. The Morgan fingerprint density at radius 1 is 0.448 bits per heavy atom. The summed E-state index contributed by atoms with van der Waals surface area (Å²) in [6, 6.07) is 36.3. The van der Waals surface area contributed by atoms with E-state index in [0.717, 1.165) is 34.5 Å². The molecule has 0 spiro atoms. The van der Waals surface area contributed by atoms with Gasteiger partial charge in [0.2, 0.25) is 0 Å². The molecule has 0 unspecified atom stereocenters. The molecule has 0 N–H and O–H groups in total. The second-order valence-electron chi connectivity index (χ2n) is 6.62. The molecule has 4 rings (SSSR count). The van der Waals surface area contributed by atoms with Crippen LogP contribution in [0.4, 0.5) is 0 Å². The minimum atomic E-state index is 0.854. The number of ether oxygens (including phenoxy) is 2. The zero-order chi connectivity index (χ0) is 19.7. The Morgan fingerprint density at radius 2 is 0.862 bits per heavy atom. The Bertz CT molecular complexity index is 948. The van der Waals surface area contributed by atoms with Gasteiger partial charge in [0.1, 0.15) is 23.0 Å². The summed E-state index contributed by atoms with van der Waals surface area (Å²) in [4.78, 5) is 0. The van der Waals surface area contributed by atoms with Crippen LogP contribution in [0, 0.1) is 0 Å². The van der Waals surface area contributed by atoms with E-state index in [1.165, 1.54) is 11.1 Å². The molecule has 29 heavy (non-hydrogen) atoms. The summed E-state index contributed by atoms with van der Waals surface area (Å²) in [7, 11) is 0. The van der Waals surface area contributed by atoms with Crippen LogP contribution in [0.1, 0.15) is 11.1 Å². The lowest BCUT2D eigenvalue weighted by molar-refractivity contribution is 0.482. The van der Waals surface area contributed by atoms with E-state index in [-0.39, 0.29) is 0 Å². The zero-order valence-electron chi connectivity index (χ0n) is 16.0. The maximum atomic E-state index is 5.93. The van der Waals surface area contributed by atoms with Gasteiger partial charge < -0.3 is 9.47 Å². The van der Waals surface area contributed by atoms with Gasteiger partial charge in [-0.15, -0.1) is 0 Å². The maximum absolute atomic E-state index is 5.93. The molecule has 3 heteroatoms. The first-order chi connectivity index (χ1) is 14.3. The number of para-hydroxylation sites is 2. The molecule has 0 aliphatic heterocycles. The molecule has 0 radical (unpaired) electrons. The second kappa shape index (κ2) is 9.85. The predicted molar refractivity (Wildman–Crippen MR) is 121 cm³/mol. The molecule has 144 valence electrons. The standard InChI is InChI=1S/C26H22O2S/c1-3-11-23(12-4-1)27-25-15-7-9-21(17-25)19-29-20-22-10-8-16-26(18-22)28-24-13-5-2-6-14-24/h1-18H,19-20H2. The molecule has 0 aliphatic rings. The maximum Gasteiger partial charge on any atom is 0.127 e. The van der Waals surface area contributed by atoms with Gasteiger partial charge in [-0.2, -0.15) is 11.8 Å². The van der Waals surface area contributed by atoms with Crippen molar-refractivity contribution in [2.75, 3.05) is 0 Å². The SMILES string of the molecule is c1ccc(Oc2cccc(CSCc3cccc(Oc4ccccc4)c3)c2)cc1. The molecule has 2 nitrogen and oxygen atoms in total. The van der Waals surface area contributed by atoms with Gasteiger partial charge in [0.25, 0.3) is 0 Å². The monoisotopic (exact) mass is 398 g/mol. The van der Waals surface area contributed by atoms with Crippen molar-refractivity contribution in [3.63, 3.8) is 0 Å². The van der Waals surface area contributed by atoms with Crippen LogP contribution in [0.2, 0.25) is 0 Å². The molecular formula is C26H22O2S. The third-order valence-electron chi connectivity index (χ3n) is 4.29. The van der Waals surface area contributed by atoms with E-state index in [4.69, 9.17) is 9.47 Å². The summed E-state index contributed by atoms with van der Waals surface area (Å²) in [6.07, 6.45) is 0. The molecule has 0 amide bonds. The van der Waals surface area contributed by atoms with Gasteiger partial charge in [-0.1, -0.05) is 60.7 Å². The Hall–Kier alpha value is -3.17. The Morgan fingerprint density at radius 3 is 1.31 bits per heavy atom. The van der Waals surface area contributed by atoms with Crippen LogP contribution < -0.4 is 9.47 Å². The summed E-state index contributed by atoms with van der Waals surface area (Å²) >= 11 is 1.88. The van der Waals surface area contributed by atoms with Crippen molar-refractivity contribution in [1.82, 2.24) is 0 Å². The summed E-state index contributed by atoms with van der Waals surface area (Å²) < 4.78 is 11.9. The molecule has 0 saturated carbocycles. The molecule has 4 aromatic rings. The Balaban J connectivity index is 1.32. The predicted octanol–water partition coefficient (Wildman–Crippen LogP) is 7.70.